The number of hydrogen-bond donors (Lipinski definition) is 6. The summed E-state index contributed by atoms with van der Waals surface area (Å²) in [7, 11) is 3.13. The van der Waals surface area contributed by atoms with Gasteiger partial charge >= 0.3 is 0 Å². The number of phenols is 1. The molecule has 7 N–H and O–H groups in total. The zero-order chi connectivity index (χ0) is 29.1. The van der Waals surface area contributed by atoms with Crippen LogP contribution < -0.4 is 11.1 Å². The van der Waals surface area contributed by atoms with E-state index < -0.39 is 80.8 Å². The second-order valence-electron chi connectivity index (χ2n) is 10.4. The first kappa shape index (κ1) is 29.2. The summed E-state index contributed by atoms with van der Waals surface area (Å²) in [4.78, 5) is 52.6. The number of likely N-dealkylation sites (N-methyl/N-ethyl adjacent to an activating group) is 1. The first-order valence-corrected chi connectivity index (χ1v) is 13.5. The molecule has 3 aliphatic rings. The van der Waals surface area contributed by atoms with Gasteiger partial charge < -0.3 is 31.5 Å². The number of allylic oxidation sites excluding steroid dienone is 1. The molecule has 1 saturated carbocycles. The predicted octanol–water partition coefficient (Wildman–Crippen LogP) is 1.22. The number of hydrogen-bond acceptors (Lipinski definition) is 9. The molecule has 6 unspecified atom stereocenters. The molecule has 7 atom stereocenters. The van der Waals surface area contributed by atoms with E-state index in [4.69, 9.17) is 17.3 Å². The van der Waals surface area contributed by atoms with Gasteiger partial charge in [0.2, 0.25) is 11.7 Å². The van der Waals surface area contributed by atoms with Crippen molar-refractivity contribution >= 4 is 56.6 Å². The lowest BCUT2D eigenvalue weighted by atomic mass is 9.53. The number of primary amides is 1. The van der Waals surface area contributed by atoms with E-state index in [-0.39, 0.29) is 35.5 Å². The van der Waals surface area contributed by atoms with Crippen LogP contribution >= 0.6 is 27.5 Å². The summed E-state index contributed by atoms with van der Waals surface area (Å²) in [6, 6.07) is 0.395. The summed E-state index contributed by atoms with van der Waals surface area (Å²) >= 11 is 9.58. The minimum atomic E-state index is -2.62. The minimum absolute atomic E-state index is 0.0114. The number of Topliss-reactive ketones (excluding diaryl/α,β-unsaturated/α-hetero) is 2. The fraction of sp³-hybridized carbons (Fsp3) is 0.462. The number of nitrogens with zero attached hydrogens (tertiary/aromatic N) is 1. The quantitative estimate of drug-likeness (QED) is 0.117. The SMILES string of the molecule is C=CCC(Br)C(=O)Nc1c(Cl)cc2c(c1O)C(=O)C1C(C2)CC2[C@H](N(C)C)C(O)=C(C(N)=O)C(=O)C2(O)C1O. The number of anilines is 1. The molecule has 1 aromatic carbocycles. The molecule has 2 amide bonds. The fourth-order valence-electron chi connectivity index (χ4n) is 6.29. The first-order chi connectivity index (χ1) is 18.2. The number of ketones is 2. The third kappa shape index (κ3) is 4.38. The van der Waals surface area contributed by atoms with Gasteiger partial charge in [-0.25, -0.2) is 0 Å². The molecule has 0 spiro atoms. The Morgan fingerprint density at radius 3 is 2.56 bits per heavy atom. The monoisotopic (exact) mass is 625 g/mol. The van der Waals surface area contributed by atoms with Crippen molar-refractivity contribution < 1.29 is 39.6 Å². The molecule has 13 heteroatoms. The Labute approximate surface area is 237 Å². The van der Waals surface area contributed by atoms with E-state index in [1.807, 2.05) is 0 Å². The Balaban J connectivity index is 1.80. The van der Waals surface area contributed by atoms with Crippen molar-refractivity contribution in [3.63, 3.8) is 0 Å². The normalized spacial score (nSPS) is 30.8. The van der Waals surface area contributed by atoms with Crippen LogP contribution in [0.3, 0.4) is 0 Å². The molecular weight excluding hydrogens is 598 g/mol. The van der Waals surface area contributed by atoms with Gasteiger partial charge in [-0.05, 0) is 50.9 Å². The molecule has 4 rings (SSSR count). The number of fused-ring (bicyclic) bond motifs is 3. The highest BCUT2D eigenvalue weighted by molar-refractivity contribution is 9.10. The number of alkyl halides is 1. The molecule has 0 radical (unpaired) electrons. The van der Waals surface area contributed by atoms with Gasteiger partial charge in [0.05, 0.1) is 27.4 Å². The number of nitrogens with two attached hydrogens (primary N) is 1. The Bertz CT molecular complexity index is 1330. The number of aromatic hydroxyl groups is 1. The molecule has 0 aliphatic heterocycles. The highest BCUT2D eigenvalue weighted by Gasteiger charge is 2.66. The summed E-state index contributed by atoms with van der Waals surface area (Å²) in [5.41, 5.74) is 1.85. The average molecular weight is 627 g/mol. The number of benzene rings is 1. The number of halogens is 2. The lowest BCUT2D eigenvalue weighted by Gasteiger charge is -2.55. The van der Waals surface area contributed by atoms with Crippen molar-refractivity contribution in [3.05, 3.63) is 46.2 Å². The molecule has 210 valence electrons. The lowest BCUT2D eigenvalue weighted by Crippen LogP contribution is -2.71. The number of carbonyl (C=O) groups excluding carboxylic acids is 4. The average Bonchev–Trinajstić information content (AvgIpc) is 2.83. The molecule has 0 saturated heterocycles. The van der Waals surface area contributed by atoms with Gasteiger partial charge in [-0.3, -0.25) is 24.1 Å². The first-order valence-electron chi connectivity index (χ1n) is 12.2. The number of aliphatic hydroxyl groups excluding tert-OH is 2. The van der Waals surface area contributed by atoms with Gasteiger partial charge in [0, 0.05) is 5.92 Å². The van der Waals surface area contributed by atoms with Crippen molar-refractivity contribution in [1.82, 2.24) is 4.90 Å². The maximum absolute atomic E-state index is 13.8. The summed E-state index contributed by atoms with van der Waals surface area (Å²) in [5, 5.41) is 47.5. The molecule has 11 nitrogen and oxygen atoms in total. The van der Waals surface area contributed by atoms with Crippen molar-refractivity contribution in [2.24, 2.45) is 23.5 Å². The minimum Gasteiger partial charge on any atom is -0.510 e. The molecule has 3 aliphatic carbocycles. The van der Waals surface area contributed by atoms with E-state index in [0.29, 0.717) is 5.56 Å². The van der Waals surface area contributed by atoms with Gasteiger partial charge in [0.25, 0.3) is 5.91 Å². The van der Waals surface area contributed by atoms with Crippen LogP contribution in [0.15, 0.2) is 30.1 Å². The molecule has 1 aromatic rings. The zero-order valence-electron chi connectivity index (χ0n) is 21.1. The smallest absolute Gasteiger partial charge is 0.255 e. The summed E-state index contributed by atoms with van der Waals surface area (Å²) < 4.78 is 0. The van der Waals surface area contributed by atoms with Crippen LogP contribution in [0.4, 0.5) is 5.69 Å². The molecule has 0 aromatic heterocycles. The second kappa shape index (κ2) is 10.3. The van der Waals surface area contributed by atoms with E-state index in [0.717, 1.165) is 0 Å². The number of carbonyl (C=O) groups is 4. The van der Waals surface area contributed by atoms with Crippen molar-refractivity contribution in [2.45, 2.75) is 41.8 Å². The van der Waals surface area contributed by atoms with E-state index in [9.17, 15) is 39.6 Å². The molecule has 0 bridgehead atoms. The van der Waals surface area contributed by atoms with Gasteiger partial charge in [-0.2, -0.15) is 0 Å². The second-order valence-corrected chi connectivity index (χ2v) is 11.9. The van der Waals surface area contributed by atoms with Crippen LogP contribution in [0, 0.1) is 17.8 Å². The van der Waals surface area contributed by atoms with E-state index >= 15 is 0 Å². The Kier molecular flexibility index (Phi) is 7.74. The molecule has 1 fully saturated rings. The topological polar surface area (TPSA) is 190 Å². The van der Waals surface area contributed by atoms with Crippen LogP contribution in [-0.4, -0.2) is 85.4 Å². The standard InChI is InChI=1S/C26H29BrClN3O8/c1-4-5-12(27)25(38)30-17-13(28)8-10-6-9-7-11-18(31(2)3)21(34)16(24(29)37)23(36)26(11,39)22(35)15(9)19(32)14(10)20(17)33/h4,8-9,11-12,15,18,22,33-35,39H,1,5-7H2,2-3H3,(H2,29,37)(H,30,38)/t9?,11?,12?,15?,18-,22?,26?/m0/s1. The molecule has 39 heavy (non-hydrogen) atoms. The predicted molar refractivity (Wildman–Crippen MR) is 145 cm³/mol. The highest BCUT2D eigenvalue weighted by Crippen LogP contribution is 2.54. The van der Waals surface area contributed by atoms with Crippen LogP contribution in [0.2, 0.25) is 5.02 Å². The number of aliphatic hydroxyl groups is 3. The highest BCUT2D eigenvalue weighted by atomic mass is 79.9. The van der Waals surface area contributed by atoms with Crippen LogP contribution in [0.5, 0.6) is 5.75 Å². The Morgan fingerprint density at radius 1 is 1.36 bits per heavy atom. The van der Waals surface area contributed by atoms with E-state index in [1.54, 1.807) is 14.1 Å². The summed E-state index contributed by atoms with van der Waals surface area (Å²) in [5.74, 6) is -8.11. The third-order valence-corrected chi connectivity index (χ3v) is 9.09. The largest absolute Gasteiger partial charge is 0.510 e. The van der Waals surface area contributed by atoms with Crippen LogP contribution in [-0.2, 0) is 20.8 Å². The van der Waals surface area contributed by atoms with Gasteiger partial charge in [0.15, 0.2) is 17.1 Å². The van der Waals surface area contributed by atoms with E-state index in [1.165, 1.54) is 17.0 Å². The van der Waals surface area contributed by atoms with Crippen LogP contribution in [0.1, 0.15) is 28.8 Å². The maximum Gasteiger partial charge on any atom is 0.255 e. The fourth-order valence-corrected chi connectivity index (χ4v) is 6.93. The zero-order valence-corrected chi connectivity index (χ0v) is 23.5. The van der Waals surface area contributed by atoms with Crippen molar-refractivity contribution in [3.8, 4) is 5.75 Å². The van der Waals surface area contributed by atoms with Gasteiger partial charge in [-0.15, -0.1) is 6.58 Å². The number of nitrogens with one attached hydrogen (secondary N) is 1. The van der Waals surface area contributed by atoms with E-state index in [2.05, 4.69) is 27.8 Å². The maximum atomic E-state index is 13.8. The van der Waals surface area contributed by atoms with Gasteiger partial charge in [-0.1, -0.05) is 33.6 Å². The molecule has 0 heterocycles. The van der Waals surface area contributed by atoms with Gasteiger partial charge in [0.1, 0.15) is 23.1 Å². The van der Waals surface area contributed by atoms with Crippen molar-refractivity contribution in [1.29, 1.82) is 0 Å². The summed E-state index contributed by atoms with van der Waals surface area (Å²) in [6.07, 6.45) is -0.0470. The summed E-state index contributed by atoms with van der Waals surface area (Å²) in [6.45, 7) is 3.57. The number of phenolic OH excluding ortho intramolecular Hbond substituents is 1. The number of amides is 2. The molecular formula is C26H29BrClN3O8. The van der Waals surface area contributed by atoms with Crippen LogP contribution in [0.25, 0.3) is 0 Å². The van der Waals surface area contributed by atoms with Crippen molar-refractivity contribution in [2.75, 3.05) is 19.4 Å². The number of rotatable bonds is 6. The lowest BCUT2D eigenvalue weighted by molar-refractivity contribution is -0.190. The Hall–Kier alpha value is -2.77. The Morgan fingerprint density at radius 2 is 2.00 bits per heavy atom. The third-order valence-electron chi connectivity index (χ3n) is 8.00.